The van der Waals surface area contributed by atoms with E-state index in [0.29, 0.717) is 39.5 Å². The lowest BCUT2D eigenvalue weighted by atomic mass is 10.2. The predicted octanol–water partition coefficient (Wildman–Crippen LogP) is 3.97. The average Bonchev–Trinajstić information content (AvgIpc) is 2.75. The topological polar surface area (TPSA) is 44.8 Å². The SMILES string of the molecule is CC(C)(C)[Si](OCCCOCCCOCCC=O)(c1ccccc1)c1ccccc1. The minimum atomic E-state index is -2.45. The van der Waals surface area contributed by atoms with Gasteiger partial charge in [-0.3, -0.25) is 0 Å². The first kappa shape index (κ1) is 24.5. The molecule has 164 valence electrons. The van der Waals surface area contributed by atoms with E-state index in [4.69, 9.17) is 13.9 Å². The van der Waals surface area contributed by atoms with Crippen LogP contribution in [0.2, 0.25) is 5.04 Å². The van der Waals surface area contributed by atoms with E-state index in [2.05, 4.69) is 81.4 Å². The van der Waals surface area contributed by atoms with E-state index in [1.807, 2.05) is 0 Å². The first-order valence-corrected chi connectivity index (χ1v) is 12.8. The summed E-state index contributed by atoms with van der Waals surface area (Å²) in [5.74, 6) is 0. The third kappa shape index (κ3) is 6.88. The lowest BCUT2D eigenvalue weighted by Crippen LogP contribution is -2.66. The normalized spacial score (nSPS) is 12.1. The Morgan fingerprint density at radius 2 is 1.20 bits per heavy atom. The molecule has 0 amide bonds. The Hall–Kier alpha value is -1.79. The Bertz CT molecular complexity index is 673. The van der Waals surface area contributed by atoms with Gasteiger partial charge in [-0.2, -0.15) is 0 Å². The number of benzene rings is 2. The average molecular weight is 429 g/mol. The van der Waals surface area contributed by atoms with Crippen molar-refractivity contribution in [1.82, 2.24) is 0 Å². The third-order valence-electron chi connectivity index (χ3n) is 5.13. The Balaban J connectivity index is 1.95. The van der Waals surface area contributed by atoms with Gasteiger partial charge in [-0.25, -0.2) is 0 Å². The maximum absolute atomic E-state index is 10.2. The van der Waals surface area contributed by atoms with Gasteiger partial charge in [0.1, 0.15) is 6.29 Å². The number of aldehydes is 1. The third-order valence-corrected chi connectivity index (χ3v) is 10.2. The molecule has 2 rings (SSSR count). The summed E-state index contributed by atoms with van der Waals surface area (Å²) < 4.78 is 17.9. The zero-order valence-electron chi connectivity index (χ0n) is 18.6. The van der Waals surface area contributed by atoms with Crippen molar-refractivity contribution in [2.24, 2.45) is 0 Å². The number of ether oxygens (including phenoxy) is 2. The van der Waals surface area contributed by atoms with Crippen molar-refractivity contribution in [3.8, 4) is 0 Å². The highest BCUT2D eigenvalue weighted by Gasteiger charge is 2.49. The molecule has 0 aromatic heterocycles. The molecule has 30 heavy (non-hydrogen) atoms. The van der Waals surface area contributed by atoms with Crippen LogP contribution in [0.5, 0.6) is 0 Å². The standard InChI is InChI=1S/C25H36O4Si/c1-25(2,3)30(23-13-6-4-7-14-23,24-15-8-5-9-16-24)29-22-12-21-28-20-11-19-27-18-10-17-26/h4-9,13-17H,10-12,18-22H2,1-3H3. The Labute approximate surface area is 182 Å². The molecule has 0 N–H and O–H groups in total. The summed E-state index contributed by atoms with van der Waals surface area (Å²) in [5, 5.41) is 2.60. The van der Waals surface area contributed by atoms with Crippen LogP contribution in [-0.4, -0.2) is 47.6 Å². The van der Waals surface area contributed by atoms with Gasteiger partial charge in [0.05, 0.1) is 6.61 Å². The van der Waals surface area contributed by atoms with Gasteiger partial charge in [0.15, 0.2) is 0 Å². The van der Waals surface area contributed by atoms with Gasteiger partial charge in [-0.05, 0) is 28.3 Å². The smallest absolute Gasteiger partial charge is 0.261 e. The fourth-order valence-electron chi connectivity index (χ4n) is 3.75. The first-order chi connectivity index (χ1) is 14.5. The largest absolute Gasteiger partial charge is 0.407 e. The molecule has 0 atom stereocenters. The summed E-state index contributed by atoms with van der Waals surface area (Å²) in [5.41, 5.74) is 0. The second-order valence-corrected chi connectivity index (χ2v) is 12.7. The molecule has 2 aromatic rings. The van der Waals surface area contributed by atoms with Crippen LogP contribution in [0.25, 0.3) is 0 Å². The molecular weight excluding hydrogens is 392 g/mol. The van der Waals surface area contributed by atoms with Gasteiger partial charge in [0.25, 0.3) is 8.32 Å². The quantitative estimate of drug-likeness (QED) is 0.259. The molecule has 0 bridgehead atoms. The number of carbonyl (C=O) groups is 1. The van der Waals surface area contributed by atoms with Crippen LogP contribution in [-0.2, 0) is 18.7 Å². The molecule has 0 aliphatic heterocycles. The van der Waals surface area contributed by atoms with Crippen LogP contribution < -0.4 is 10.4 Å². The van der Waals surface area contributed by atoms with Gasteiger partial charge in [-0.1, -0.05) is 81.4 Å². The highest BCUT2D eigenvalue weighted by molar-refractivity contribution is 6.99. The molecule has 0 saturated carbocycles. The van der Waals surface area contributed by atoms with E-state index < -0.39 is 8.32 Å². The molecular formula is C25H36O4Si. The summed E-state index contributed by atoms with van der Waals surface area (Å²) in [6, 6.07) is 21.4. The summed E-state index contributed by atoms with van der Waals surface area (Å²) in [6.45, 7) is 10.0. The minimum absolute atomic E-state index is 0.00454. The molecule has 5 heteroatoms. The van der Waals surface area contributed by atoms with Gasteiger partial charge < -0.3 is 18.7 Å². The van der Waals surface area contributed by atoms with Crippen LogP contribution in [0.15, 0.2) is 60.7 Å². The molecule has 0 saturated heterocycles. The first-order valence-electron chi connectivity index (χ1n) is 10.9. The van der Waals surface area contributed by atoms with E-state index in [1.54, 1.807) is 0 Å². The second kappa shape index (κ2) is 12.8. The molecule has 0 unspecified atom stereocenters. The monoisotopic (exact) mass is 428 g/mol. The van der Waals surface area contributed by atoms with E-state index in [-0.39, 0.29) is 5.04 Å². The summed E-state index contributed by atoms with van der Waals surface area (Å²) in [7, 11) is -2.45. The van der Waals surface area contributed by atoms with Crippen molar-refractivity contribution in [3.63, 3.8) is 0 Å². The number of hydrogen-bond acceptors (Lipinski definition) is 4. The Kier molecular flexibility index (Phi) is 10.4. The van der Waals surface area contributed by atoms with Crippen LogP contribution in [0.1, 0.15) is 40.0 Å². The lowest BCUT2D eigenvalue weighted by molar-refractivity contribution is -0.108. The van der Waals surface area contributed by atoms with Gasteiger partial charge in [0.2, 0.25) is 0 Å². The highest BCUT2D eigenvalue weighted by atomic mass is 28.4. The van der Waals surface area contributed by atoms with Crippen molar-refractivity contribution in [1.29, 1.82) is 0 Å². The Morgan fingerprint density at radius 1 is 0.733 bits per heavy atom. The molecule has 4 nitrogen and oxygen atoms in total. The Morgan fingerprint density at radius 3 is 1.67 bits per heavy atom. The van der Waals surface area contributed by atoms with Crippen molar-refractivity contribution in [3.05, 3.63) is 60.7 Å². The molecule has 0 aliphatic rings. The second-order valence-electron chi connectivity index (χ2n) is 8.40. The molecule has 0 aliphatic carbocycles. The number of carbonyl (C=O) groups excluding carboxylic acids is 1. The summed E-state index contributed by atoms with van der Waals surface area (Å²) in [6.07, 6.45) is 3.04. The predicted molar refractivity (Wildman–Crippen MR) is 125 cm³/mol. The summed E-state index contributed by atoms with van der Waals surface area (Å²) in [4.78, 5) is 10.2. The molecule has 0 radical (unpaired) electrons. The van der Waals surface area contributed by atoms with Crippen molar-refractivity contribution >= 4 is 25.0 Å². The molecule has 0 spiro atoms. The van der Waals surface area contributed by atoms with Crippen LogP contribution in [0, 0.1) is 0 Å². The van der Waals surface area contributed by atoms with E-state index in [0.717, 1.165) is 19.1 Å². The van der Waals surface area contributed by atoms with Crippen molar-refractivity contribution in [2.45, 2.75) is 45.1 Å². The van der Waals surface area contributed by atoms with Gasteiger partial charge in [-0.15, -0.1) is 0 Å². The van der Waals surface area contributed by atoms with Gasteiger partial charge >= 0.3 is 0 Å². The van der Waals surface area contributed by atoms with Crippen LogP contribution in [0.4, 0.5) is 0 Å². The van der Waals surface area contributed by atoms with Crippen molar-refractivity contribution < 1.29 is 18.7 Å². The maximum atomic E-state index is 10.2. The van der Waals surface area contributed by atoms with Gasteiger partial charge in [0, 0.05) is 32.8 Å². The maximum Gasteiger partial charge on any atom is 0.261 e. The summed E-state index contributed by atoms with van der Waals surface area (Å²) >= 11 is 0. The highest BCUT2D eigenvalue weighted by Crippen LogP contribution is 2.36. The van der Waals surface area contributed by atoms with E-state index in [1.165, 1.54) is 10.4 Å². The molecule has 0 fully saturated rings. The fourth-order valence-corrected chi connectivity index (χ4v) is 8.35. The lowest BCUT2D eigenvalue weighted by Gasteiger charge is -2.43. The van der Waals surface area contributed by atoms with Crippen LogP contribution in [0.3, 0.4) is 0 Å². The number of rotatable bonds is 14. The molecule has 2 aromatic carbocycles. The molecule has 0 heterocycles. The van der Waals surface area contributed by atoms with Crippen LogP contribution >= 0.6 is 0 Å². The van der Waals surface area contributed by atoms with Crippen molar-refractivity contribution in [2.75, 3.05) is 33.0 Å². The zero-order chi connectivity index (χ0) is 21.7. The fraction of sp³-hybridized carbons (Fsp3) is 0.480. The van der Waals surface area contributed by atoms with E-state index >= 15 is 0 Å². The zero-order valence-corrected chi connectivity index (χ0v) is 19.6. The van der Waals surface area contributed by atoms with E-state index in [9.17, 15) is 4.79 Å². The number of hydrogen-bond donors (Lipinski definition) is 0. The minimum Gasteiger partial charge on any atom is -0.407 e.